The zero-order chi connectivity index (χ0) is 13.1. The molecule has 0 aliphatic rings. The van der Waals surface area contributed by atoms with Gasteiger partial charge in [-0.1, -0.05) is 26.8 Å². The molecule has 0 spiro atoms. The topological polar surface area (TPSA) is 49.7 Å². The van der Waals surface area contributed by atoms with Crippen LogP contribution in [-0.2, 0) is 11.8 Å². The number of rotatable bonds is 4. The molecule has 0 amide bonds. The number of methoxy groups -OCH3 is 1. The van der Waals surface area contributed by atoms with E-state index in [1.807, 2.05) is 12.1 Å². The third-order valence-electron chi connectivity index (χ3n) is 2.84. The second-order valence-electron chi connectivity index (χ2n) is 5.26. The van der Waals surface area contributed by atoms with Crippen LogP contribution < -0.4 is 4.74 Å². The number of hydrogen-bond donors (Lipinski definition) is 2. The summed E-state index contributed by atoms with van der Waals surface area (Å²) in [4.78, 5) is 0. The number of aryl methyl sites for hydroxylation is 1. The van der Waals surface area contributed by atoms with Gasteiger partial charge in [-0.2, -0.15) is 0 Å². The van der Waals surface area contributed by atoms with Gasteiger partial charge in [0.05, 0.1) is 7.11 Å². The van der Waals surface area contributed by atoms with Crippen molar-refractivity contribution in [3.05, 3.63) is 23.3 Å². The zero-order valence-corrected chi connectivity index (χ0v) is 11.1. The molecule has 0 radical (unpaired) electrons. The standard InChI is InChI=1S/C14H22O3/c1-14(2,3)11-8-10(6-5-7-15)13(16)12(9-11)17-4/h8-9,15-16H,5-7H2,1-4H3. The van der Waals surface area contributed by atoms with E-state index in [9.17, 15) is 5.11 Å². The van der Waals surface area contributed by atoms with Crippen molar-refractivity contribution in [1.29, 1.82) is 0 Å². The number of aliphatic hydroxyl groups excluding tert-OH is 1. The summed E-state index contributed by atoms with van der Waals surface area (Å²) in [6, 6.07) is 3.87. The lowest BCUT2D eigenvalue weighted by Gasteiger charge is -2.22. The Kier molecular flexibility index (Phi) is 4.40. The third kappa shape index (κ3) is 3.37. The molecule has 1 aromatic rings. The number of hydrogen-bond acceptors (Lipinski definition) is 3. The van der Waals surface area contributed by atoms with E-state index in [1.165, 1.54) is 0 Å². The summed E-state index contributed by atoms with van der Waals surface area (Å²) in [7, 11) is 1.55. The van der Waals surface area contributed by atoms with Crippen LogP contribution in [0.3, 0.4) is 0 Å². The highest BCUT2D eigenvalue weighted by molar-refractivity contribution is 5.50. The van der Waals surface area contributed by atoms with Gasteiger partial charge in [-0.15, -0.1) is 0 Å². The van der Waals surface area contributed by atoms with E-state index in [4.69, 9.17) is 9.84 Å². The van der Waals surface area contributed by atoms with Gasteiger partial charge in [0.2, 0.25) is 0 Å². The highest BCUT2D eigenvalue weighted by Crippen LogP contribution is 2.36. The fourth-order valence-corrected chi connectivity index (χ4v) is 1.71. The van der Waals surface area contributed by atoms with Gasteiger partial charge >= 0.3 is 0 Å². The number of phenols is 1. The van der Waals surface area contributed by atoms with Crippen molar-refractivity contribution in [2.45, 2.75) is 39.0 Å². The predicted molar refractivity (Wildman–Crippen MR) is 68.8 cm³/mol. The molecule has 0 aromatic heterocycles. The molecule has 1 rings (SSSR count). The Hall–Kier alpha value is -1.22. The summed E-state index contributed by atoms with van der Waals surface area (Å²) >= 11 is 0. The summed E-state index contributed by atoms with van der Waals surface area (Å²) in [6.45, 7) is 6.49. The maximum absolute atomic E-state index is 10.00. The van der Waals surface area contributed by atoms with Gasteiger partial charge in [-0.05, 0) is 35.4 Å². The lowest BCUT2D eigenvalue weighted by molar-refractivity contribution is 0.287. The van der Waals surface area contributed by atoms with Crippen LogP contribution in [0.2, 0.25) is 0 Å². The number of aliphatic hydroxyl groups is 1. The average Bonchev–Trinajstić information content (AvgIpc) is 2.26. The smallest absolute Gasteiger partial charge is 0.161 e. The summed E-state index contributed by atoms with van der Waals surface area (Å²) in [5.74, 6) is 0.694. The van der Waals surface area contributed by atoms with Crippen LogP contribution >= 0.6 is 0 Å². The van der Waals surface area contributed by atoms with E-state index >= 15 is 0 Å². The van der Waals surface area contributed by atoms with Gasteiger partial charge in [0.15, 0.2) is 11.5 Å². The molecule has 0 saturated heterocycles. The molecule has 0 atom stereocenters. The molecule has 0 fully saturated rings. The molecular weight excluding hydrogens is 216 g/mol. The largest absolute Gasteiger partial charge is 0.504 e. The maximum Gasteiger partial charge on any atom is 0.161 e. The van der Waals surface area contributed by atoms with E-state index in [2.05, 4.69) is 20.8 Å². The summed E-state index contributed by atoms with van der Waals surface area (Å²) in [5, 5.41) is 18.9. The molecule has 0 aliphatic carbocycles. The molecule has 0 bridgehead atoms. The number of phenolic OH excluding ortho intramolecular Hbond substituents is 1. The Balaban J connectivity index is 3.19. The lowest BCUT2D eigenvalue weighted by Crippen LogP contribution is -2.12. The van der Waals surface area contributed by atoms with Crippen LogP contribution in [0.25, 0.3) is 0 Å². The van der Waals surface area contributed by atoms with E-state index < -0.39 is 0 Å². The van der Waals surface area contributed by atoms with Gasteiger partial charge in [0.25, 0.3) is 0 Å². The molecule has 96 valence electrons. The van der Waals surface area contributed by atoms with E-state index in [1.54, 1.807) is 7.11 Å². The minimum Gasteiger partial charge on any atom is -0.504 e. The first-order valence-electron chi connectivity index (χ1n) is 5.91. The Morgan fingerprint density at radius 2 is 1.88 bits per heavy atom. The molecule has 0 saturated carbocycles. The number of aromatic hydroxyl groups is 1. The van der Waals surface area contributed by atoms with Crippen LogP contribution in [0.15, 0.2) is 12.1 Å². The van der Waals surface area contributed by atoms with Crippen molar-refractivity contribution in [3.63, 3.8) is 0 Å². The molecule has 0 unspecified atom stereocenters. The minimum absolute atomic E-state index is 0.00887. The van der Waals surface area contributed by atoms with Crippen molar-refractivity contribution in [2.75, 3.05) is 13.7 Å². The quantitative estimate of drug-likeness (QED) is 0.847. The fourth-order valence-electron chi connectivity index (χ4n) is 1.71. The van der Waals surface area contributed by atoms with Crippen LogP contribution in [0, 0.1) is 0 Å². The van der Waals surface area contributed by atoms with Crippen LogP contribution in [-0.4, -0.2) is 23.9 Å². The first-order valence-corrected chi connectivity index (χ1v) is 5.91. The average molecular weight is 238 g/mol. The monoisotopic (exact) mass is 238 g/mol. The molecule has 1 aromatic carbocycles. The van der Waals surface area contributed by atoms with Gasteiger partial charge in [-0.25, -0.2) is 0 Å². The molecule has 0 heterocycles. The lowest BCUT2D eigenvalue weighted by atomic mass is 9.85. The molecule has 3 heteroatoms. The Morgan fingerprint density at radius 1 is 1.24 bits per heavy atom. The Bertz CT molecular complexity index is 378. The Morgan fingerprint density at radius 3 is 2.35 bits per heavy atom. The van der Waals surface area contributed by atoms with Crippen LogP contribution in [0.1, 0.15) is 38.3 Å². The van der Waals surface area contributed by atoms with Crippen molar-refractivity contribution in [2.24, 2.45) is 0 Å². The third-order valence-corrected chi connectivity index (χ3v) is 2.84. The molecule has 17 heavy (non-hydrogen) atoms. The highest BCUT2D eigenvalue weighted by Gasteiger charge is 2.18. The van der Waals surface area contributed by atoms with Crippen molar-refractivity contribution in [1.82, 2.24) is 0 Å². The minimum atomic E-state index is 0.00887. The summed E-state index contributed by atoms with van der Waals surface area (Å²) in [6.07, 6.45) is 1.30. The Labute approximate surface area is 103 Å². The van der Waals surface area contributed by atoms with Gasteiger partial charge in [0.1, 0.15) is 0 Å². The first kappa shape index (κ1) is 13.8. The summed E-state index contributed by atoms with van der Waals surface area (Å²) in [5.41, 5.74) is 1.97. The van der Waals surface area contributed by atoms with Crippen molar-refractivity contribution < 1.29 is 14.9 Å². The SMILES string of the molecule is COc1cc(C(C)(C)C)cc(CCCO)c1O. The molecule has 2 N–H and O–H groups in total. The van der Waals surface area contributed by atoms with Gasteiger partial charge < -0.3 is 14.9 Å². The normalized spacial score (nSPS) is 11.6. The zero-order valence-electron chi connectivity index (χ0n) is 11.1. The van der Waals surface area contributed by atoms with E-state index in [0.717, 1.165) is 11.1 Å². The second kappa shape index (κ2) is 5.41. The molecular formula is C14H22O3. The van der Waals surface area contributed by atoms with Crippen molar-refractivity contribution in [3.8, 4) is 11.5 Å². The number of benzene rings is 1. The van der Waals surface area contributed by atoms with Crippen LogP contribution in [0.4, 0.5) is 0 Å². The first-order chi connectivity index (χ1) is 7.90. The fraction of sp³-hybridized carbons (Fsp3) is 0.571. The maximum atomic E-state index is 10.00. The second-order valence-corrected chi connectivity index (χ2v) is 5.26. The van der Waals surface area contributed by atoms with Gasteiger partial charge in [0, 0.05) is 6.61 Å². The highest BCUT2D eigenvalue weighted by atomic mass is 16.5. The summed E-state index contributed by atoms with van der Waals surface area (Å²) < 4.78 is 5.19. The number of ether oxygens (including phenoxy) is 1. The molecule has 3 nitrogen and oxygen atoms in total. The van der Waals surface area contributed by atoms with Crippen LogP contribution in [0.5, 0.6) is 11.5 Å². The van der Waals surface area contributed by atoms with Crippen molar-refractivity contribution >= 4 is 0 Å². The molecule has 0 aliphatic heterocycles. The predicted octanol–water partition coefficient (Wildman–Crippen LogP) is 2.62. The van der Waals surface area contributed by atoms with Gasteiger partial charge in [-0.3, -0.25) is 0 Å². The van der Waals surface area contributed by atoms with E-state index in [0.29, 0.717) is 18.6 Å². The van der Waals surface area contributed by atoms with E-state index in [-0.39, 0.29) is 17.8 Å².